The molecule has 0 bridgehead atoms. The molecule has 0 radical (unpaired) electrons. The molecule has 1 aromatic carbocycles. The summed E-state index contributed by atoms with van der Waals surface area (Å²) < 4.78 is 4.83. The van der Waals surface area contributed by atoms with E-state index < -0.39 is 5.97 Å². The fraction of sp³-hybridized carbons (Fsp3) is 0.429. The van der Waals surface area contributed by atoms with Crippen LogP contribution in [0.1, 0.15) is 27.7 Å². The quantitative estimate of drug-likeness (QED) is 0.699. The van der Waals surface area contributed by atoms with Crippen LogP contribution in [-0.2, 0) is 16.0 Å². The number of carbonyl (C=O) groups is 2. The zero-order valence-electron chi connectivity index (χ0n) is 17.0. The van der Waals surface area contributed by atoms with Crippen molar-refractivity contribution in [1.82, 2.24) is 4.90 Å². The van der Waals surface area contributed by atoms with Gasteiger partial charge in [-0.25, -0.2) is 4.79 Å². The lowest BCUT2D eigenvalue weighted by Crippen LogP contribution is -2.48. The summed E-state index contributed by atoms with van der Waals surface area (Å²) in [5, 5.41) is 4.19. The molecule has 1 aliphatic heterocycles. The van der Waals surface area contributed by atoms with Crippen LogP contribution in [0.5, 0.6) is 0 Å². The first-order valence-electron chi connectivity index (χ1n) is 9.65. The Morgan fingerprint density at radius 3 is 2.59 bits per heavy atom. The highest BCUT2D eigenvalue weighted by Gasteiger charge is 2.22. The molecule has 1 saturated heterocycles. The summed E-state index contributed by atoms with van der Waals surface area (Å²) in [5.74, 6) is -0.547. The summed E-state index contributed by atoms with van der Waals surface area (Å²) in [4.78, 5) is 30.0. The summed E-state index contributed by atoms with van der Waals surface area (Å²) in [5.41, 5.74) is 2.76. The molecule has 1 fully saturated rings. The largest absolute Gasteiger partial charge is 0.465 e. The number of piperazine rings is 1. The zero-order valence-corrected chi connectivity index (χ0v) is 18.5. The number of anilines is 2. The first-order valence-corrected chi connectivity index (χ1v) is 10.8. The van der Waals surface area contributed by atoms with Gasteiger partial charge in [0, 0.05) is 41.8 Å². The van der Waals surface area contributed by atoms with Crippen LogP contribution in [0.2, 0.25) is 5.02 Å². The second-order valence-electron chi connectivity index (χ2n) is 7.04. The van der Waals surface area contributed by atoms with Gasteiger partial charge in [-0.15, -0.1) is 11.3 Å². The first-order chi connectivity index (χ1) is 13.9. The van der Waals surface area contributed by atoms with Gasteiger partial charge in [0.05, 0.1) is 19.2 Å². The van der Waals surface area contributed by atoms with Crippen LogP contribution in [0.4, 0.5) is 10.7 Å². The number of esters is 1. The van der Waals surface area contributed by atoms with Crippen LogP contribution in [0.25, 0.3) is 0 Å². The molecular formula is C21H26ClN3O3S. The van der Waals surface area contributed by atoms with Crippen LogP contribution < -0.4 is 10.2 Å². The Morgan fingerprint density at radius 2 is 1.93 bits per heavy atom. The number of amides is 1. The first kappa shape index (κ1) is 21.6. The Kier molecular flexibility index (Phi) is 7.16. The van der Waals surface area contributed by atoms with Gasteiger partial charge in [0.25, 0.3) is 0 Å². The van der Waals surface area contributed by atoms with Gasteiger partial charge >= 0.3 is 5.97 Å². The molecule has 1 N–H and O–H groups in total. The molecule has 2 aromatic rings. The number of benzene rings is 1. The molecule has 0 atom stereocenters. The summed E-state index contributed by atoms with van der Waals surface area (Å²) >= 11 is 7.57. The third kappa shape index (κ3) is 5.29. The SMILES string of the molecule is CCc1cc(C(=O)OC)c(NC(=O)CN2CCN(c3cc(Cl)ccc3C)CC2)s1. The number of nitrogens with one attached hydrogen (secondary N) is 1. The summed E-state index contributed by atoms with van der Waals surface area (Å²) in [7, 11) is 1.35. The second-order valence-corrected chi connectivity index (χ2v) is 8.62. The summed E-state index contributed by atoms with van der Waals surface area (Å²) in [6.45, 7) is 7.63. The number of aryl methyl sites for hydroxylation is 2. The summed E-state index contributed by atoms with van der Waals surface area (Å²) in [6, 6.07) is 7.72. The number of halogens is 1. The number of carbonyl (C=O) groups excluding carboxylic acids is 2. The minimum absolute atomic E-state index is 0.118. The average Bonchev–Trinajstić information content (AvgIpc) is 3.12. The molecule has 1 aromatic heterocycles. The van der Waals surface area contributed by atoms with Gasteiger partial charge in [-0.05, 0) is 37.1 Å². The molecule has 1 aliphatic rings. The molecule has 3 rings (SSSR count). The second kappa shape index (κ2) is 9.61. The monoisotopic (exact) mass is 435 g/mol. The predicted octanol–water partition coefficient (Wildman–Crippen LogP) is 3.82. The minimum Gasteiger partial charge on any atom is -0.465 e. The van der Waals surface area contributed by atoms with E-state index in [1.807, 2.05) is 25.1 Å². The standard InChI is InChI=1S/C21H26ClN3O3S/c1-4-16-12-17(21(27)28-3)20(29-16)23-19(26)13-24-7-9-25(10-8-24)18-11-15(22)6-5-14(18)2/h5-6,11-12H,4,7-10,13H2,1-3H3,(H,23,26). The maximum atomic E-state index is 12.6. The number of ether oxygens (including phenoxy) is 1. The molecular weight excluding hydrogens is 410 g/mol. The molecule has 6 nitrogen and oxygen atoms in total. The maximum Gasteiger partial charge on any atom is 0.340 e. The van der Waals surface area contributed by atoms with Gasteiger partial charge < -0.3 is 15.0 Å². The van der Waals surface area contributed by atoms with Gasteiger partial charge in [0.2, 0.25) is 5.91 Å². The number of nitrogens with zero attached hydrogens (tertiary/aromatic N) is 2. The lowest BCUT2D eigenvalue weighted by molar-refractivity contribution is -0.117. The molecule has 8 heteroatoms. The Hall–Kier alpha value is -2.09. The van der Waals surface area contributed by atoms with Crippen molar-refractivity contribution in [3.8, 4) is 0 Å². The minimum atomic E-state index is -0.429. The lowest BCUT2D eigenvalue weighted by Gasteiger charge is -2.36. The van der Waals surface area contributed by atoms with Crippen molar-refractivity contribution in [1.29, 1.82) is 0 Å². The Morgan fingerprint density at radius 1 is 1.21 bits per heavy atom. The molecule has 29 heavy (non-hydrogen) atoms. The third-order valence-corrected chi connectivity index (χ3v) is 6.47. The van der Waals surface area contributed by atoms with Gasteiger partial charge in [0.1, 0.15) is 5.00 Å². The van der Waals surface area contributed by atoms with Gasteiger partial charge in [-0.2, -0.15) is 0 Å². The molecule has 0 unspecified atom stereocenters. The Balaban J connectivity index is 1.57. The van der Waals surface area contributed by atoms with E-state index in [9.17, 15) is 9.59 Å². The Labute approximate surface area is 180 Å². The van der Waals surface area contributed by atoms with Crippen molar-refractivity contribution in [2.45, 2.75) is 20.3 Å². The highest BCUT2D eigenvalue weighted by molar-refractivity contribution is 7.16. The predicted molar refractivity (Wildman–Crippen MR) is 119 cm³/mol. The fourth-order valence-corrected chi connectivity index (χ4v) is 4.58. The van der Waals surface area contributed by atoms with E-state index in [1.54, 1.807) is 6.07 Å². The van der Waals surface area contributed by atoms with Gasteiger partial charge in [-0.1, -0.05) is 24.6 Å². The molecule has 0 saturated carbocycles. The molecule has 1 amide bonds. The molecule has 0 aliphatic carbocycles. The fourth-order valence-electron chi connectivity index (χ4n) is 3.41. The third-order valence-electron chi connectivity index (χ3n) is 5.04. The highest BCUT2D eigenvalue weighted by atomic mass is 35.5. The van der Waals surface area contributed by atoms with Crippen molar-refractivity contribution < 1.29 is 14.3 Å². The number of rotatable bonds is 6. The van der Waals surface area contributed by atoms with E-state index >= 15 is 0 Å². The van der Waals surface area contributed by atoms with Crippen molar-refractivity contribution in [2.24, 2.45) is 0 Å². The molecule has 0 spiro atoms. The normalized spacial score (nSPS) is 14.7. The van der Waals surface area contributed by atoms with Gasteiger partial charge in [-0.3, -0.25) is 9.69 Å². The van der Waals surface area contributed by atoms with Crippen molar-refractivity contribution >= 4 is 45.5 Å². The zero-order chi connectivity index (χ0) is 21.0. The topological polar surface area (TPSA) is 61.9 Å². The van der Waals surface area contributed by atoms with Crippen LogP contribution >= 0.6 is 22.9 Å². The van der Waals surface area contributed by atoms with Crippen LogP contribution in [0.15, 0.2) is 24.3 Å². The molecule has 156 valence electrons. The van der Waals surface area contributed by atoms with Gasteiger partial charge in [0.15, 0.2) is 0 Å². The lowest BCUT2D eigenvalue weighted by atomic mass is 10.1. The number of thiophene rings is 1. The van der Waals surface area contributed by atoms with E-state index in [1.165, 1.54) is 24.0 Å². The number of methoxy groups -OCH3 is 1. The molecule has 2 heterocycles. The smallest absolute Gasteiger partial charge is 0.340 e. The number of hydrogen-bond donors (Lipinski definition) is 1. The van der Waals surface area contributed by atoms with Crippen LogP contribution in [0.3, 0.4) is 0 Å². The van der Waals surface area contributed by atoms with E-state index in [-0.39, 0.29) is 5.91 Å². The van der Waals surface area contributed by atoms with E-state index in [0.717, 1.165) is 48.2 Å². The van der Waals surface area contributed by atoms with Crippen molar-refractivity contribution in [3.63, 3.8) is 0 Å². The summed E-state index contributed by atoms with van der Waals surface area (Å²) in [6.07, 6.45) is 0.801. The highest BCUT2D eigenvalue weighted by Crippen LogP contribution is 2.29. The van der Waals surface area contributed by atoms with E-state index in [4.69, 9.17) is 16.3 Å². The van der Waals surface area contributed by atoms with Crippen LogP contribution in [0, 0.1) is 6.92 Å². The number of hydrogen-bond acceptors (Lipinski definition) is 6. The Bertz CT molecular complexity index is 891. The van der Waals surface area contributed by atoms with Crippen molar-refractivity contribution in [2.75, 3.05) is 50.1 Å². The van der Waals surface area contributed by atoms with E-state index in [2.05, 4.69) is 22.0 Å². The average molecular weight is 436 g/mol. The van der Waals surface area contributed by atoms with Crippen LogP contribution in [-0.4, -0.2) is 56.6 Å². The maximum absolute atomic E-state index is 12.6. The van der Waals surface area contributed by atoms with Crippen molar-refractivity contribution in [3.05, 3.63) is 45.3 Å². The van der Waals surface area contributed by atoms with E-state index in [0.29, 0.717) is 17.1 Å².